The molecule has 1 heterocycles. The van der Waals surface area contributed by atoms with E-state index in [0.29, 0.717) is 12.0 Å². The second-order valence-corrected chi connectivity index (χ2v) is 5.97. The predicted molar refractivity (Wildman–Crippen MR) is 72.4 cm³/mol. The monoisotopic (exact) mass is 259 g/mol. The van der Waals surface area contributed by atoms with Crippen molar-refractivity contribution < 1.29 is 4.39 Å². The molecule has 4 heteroatoms. The molecule has 3 nitrogen and oxygen atoms in total. The Bertz CT molecular complexity index is 626. The Balaban J connectivity index is 1.76. The molecule has 1 aromatic carbocycles. The Labute approximate surface area is 111 Å². The van der Waals surface area contributed by atoms with Crippen molar-refractivity contribution in [2.75, 3.05) is 0 Å². The molecule has 2 N–H and O–H groups in total. The maximum atomic E-state index is 13.3. The SMILES string of the molecule is NC(Cc1nc2cc(F)ccc2n1C1CC1)C1CC1. The molecule has 0 amide bonds. The van der Waals surface area contributed by atoms with Gasteiger partial charge < -0.3 is 10.3 Å². The molecule has 2 fully saturated rings. The Morgan fingerprint density at radius 2 is 2.11 bits per heavy atom. The van der Waals surface area contributed by atoms with Gasteiger partial charge in [-0.05, 0) is 43.7 Å². The lowest BCUT2D eigenvalue weighted by Gasteiger charge is -2.12. The lowest BCUT2D eigenvalue weighted by molar-refractivity contribution is 0.554. The number of imidazole rings is 1. The standard InChI is InChI=1S/C15H18FN3/c16-10-3-6-14-13(7-10)18-15(19(14)11-4-5-11)8-12(17)9-1-2-9/h3,6-7,9,11-12H,1-2,4-5,8,17H2. The number of hydrogen-bond donors (Lipinski definition) is 1. The summed E-state index contributed by atoms with van der Waals surface area (Å²) in [6.07, 6.45) is 5.72. The van der Waals surface area contributed by atoms with Gasteiger partial charge in [0.05, 0.1) is 11.0 Å². The maximum absolute atomic E-state index is 13.3. The van der Waals surface area contributed by atoms with Gasteiger partial charge in [-0.25, -0.2) is 9.37 Å². The summed E-state index contributed by atoms with van der Waals surface area (Å²) < 4.78 is 15.6. The highest BCUT2D eigenvalue weighted by Crippen LogP contribution is 2.40. The summed E-state index contributed by atoms with van der Waals surface area (Å²) in [7, 11) is 0. The molecular weight excluding hydrogens is 241 g/mol. The van der Waals surface area contributed by atoms with E-state index in [1.807, 2.05) is 6.07 Å². The van der Waals surface area contributed by atoms with Gasteiger partial charge >= 0.3 is 0 Å². The molecular formula is C15H18FN3. The van der Waals surface area contributed by atoms with E-state index >= 15 is 0 Å². The van der Waals surface area contributed by atoms with Crippen molar-refractivity contribution in [1.82, 2.24) is 9.55 Å². The van der Waals surface area contributed by atoms with E-state index in [1.54, 1.807) is 0 Å². The Kier molecular flexibility index (Phi) is 2.42. The average molecular weight is 259 g/mol. The third-order valence-electron chi connectivity index (χ3n) is 4.28. The first-order valence-electron chi connectivity index (χ1n) is 7.14. The van der Waals surface area contributed by atoms with Crippen molar-refractivity contribution in [3.8, 4) is 0 Å². The smallest absolute Gasteiger partial charge is 0.125 e. The Morgan fingerprint density at radius 1 is 1.32 bits per heavy atom. The van der Waals surface area contributed by atoms with Crippen LogP contribution >= 0.6 is 0 Å². The number of nitrogens with zero attached hydrogens (tertiary/aromatic N) is 2. The van der Waals surface area contributed by atoms with E-state index in [9.17, 15) is 4.39 Å². The normalized spacial score (nSPS) is 20.9. The predicted octanol–water partition coefficient (Wildman–Crippen LogP) is 2.79. The van der Waals surface area contributed by atoms with Gasteiger partial charge in [0.15, 0.2) is 0 Å². The first kappa shape index (κ1) is 11.4. The molecule has 1 unspecified atom stereocenters. The van der Waals surface area contributed by atoms with Gasteiger partial charge in [-0.3, -0.25) is 0 Å². The second-order valence-electron chi connectivity index (χ2n) is 5.97. The number of aromatic nitrogens is 2. The Morgan fingerprint density at radius 3 is 2.79 bits per heavy atom. The summed E-state index contributed by atoms with van der Waals surface area (Å²) in [4.78, 5) is 4.63. The minimum atomic E-state index is -0.217. The average Bonchev–Trinajstić information content (AvgIpc) is 3.24. The minimum Gasteiger partial charge on any atom is -0.327 e. The molecule has 100 valence electrons. The first-order chi connectivity index (χ1) is 9.22. The number of fused-ring (bicyclic) bond motifs is 1. The van der Waals surface area contributed by atoms with Crippen LogP contribution in [0.15, 0.2) is 18.2 Å². The largest absolute Gasteiger partial charge is 0.327 e. The number of nitrogens with two attached hydrogens (primary N) is 1. The van der Waals surface area contributed by atoms with E-state index in [1.165, 1.54) is 37.8 Å². The van der Waals surface area contributed by atoms with E-state index in [0.717, 1.165) is 23.3 Å². The van der Waals surface area contributed by atoms with Crippen molar-refractivity contribution in [2.45, 2.75) is 44.2 Å². The van der Waals surface area contributed by atoms with Crippen molar-refractivity contribution in [3.05, 3.63) is 29.8 Å². The molecule has 0 saturated heterocycles. The molecule has 2 aromatic rings. The Hall–Kier alpha value is -1.42. The van der Waals surface area contributed by atoms with Crippen molar-refractivity contribution >= 4 is 11.0 Å². The lowest BCUT2D eigenvalue weighted by atomic mass is 10.1. The van der Waals surface area contributed by atoms with Crippen LogP contribution in [0.5, 0.6) is 0 Å². The second kappa shape index (κ2) is 4.04. The van der Waals surface area contributed by atoms with Crippen LogP contribution in [0.2, 0.25) is 0 Å². The van der Waals surface area contributed by atoms with Gasteiger partial charge in [0.25, 0.3) is 0 Å². The summed E-state index contributed by atoms with van der Waals surface area (Å²) in [6.45, 7) is 0. The van der Waals surface area contributed by atoms with Gasteiger partial charge in [0.1, 0.15) is 11.6 Å². The zero-order chi connectivity index (χ0) is 13.0. The molecule has 2 aliphatic rings. The van der Waals surface area contributed by atoms with Crippen LogP contribution in [0.1, 0.15) is 37.5 Å². The third-order valence-corrected chi connectivity index (χ3v) is 4.28. The fourth-order valence-corrected chi connectivity index (χ4v) is 2.91. The molecule has 0 radical (unpaired) electrons. The highest BCUT2D eigenvalue weighted by molar-refractivity contribution is 5.76. The molecule has 1 aromatic heterocycles. The van der Waals surface area contributed by atoms with Crippen LogP contribution in [-0.4, -0.2) is 15.6 Å². The number of hydrogen-bond acceptors (Lipinski definition) is 2. The summed E-state index contributed by atoms with van der Waals surface area (Å²) in [5.41, 5.74) is 8.05. The lowest BCUT2D eigenvalue weighted by Crippen LogP contribution is -2.26. The fraction of sp³-hybridized carbons (Fsp3) is 0.533. The highest BCUT2D eigenvalue weighted by atomic mass is 19.1. The summed E-state index contributed by atoms with van der Waals surface area (Å²) >= 11 is 0. The molecule has 2 saturated carbocycles. The number of benzene rings is 1. The zero-order valence-electron chi connectivity index (χ0n) is 10.8. The molecule has 0 aliphatic heterocycles. The van der Waals surface area contributed by atoms with Crippen LogP contribution in [-0.2, 0) is 6.42 Å². The van der Waals surface area contributed by atoms with Crippen LogP contribution in [0.25, 0.3) is 11.0 Å². The molecule has 0 spiro atoms. The summed E-state index contributed by atoms with van der Waals surface area (Å²) in [5, 5.41) is 0. The van der Waals surface area contributed by atoms with Crippen LogP contribution < -0.4 is 5.73 Å². The molecule has 2 aliphatic carbocycles. The van der Waals surface area contributed by atoms with Gasteiger partial charge in [-0.2, -0.15) is 0 Å². The van der Waals surface area contributed by atoms with Crippen LogP contribution in [0.3, 0.4) is 0 Å². The molecule has 19 heavy (non-hydrogen) atoms. The first-order valence-corrected chi connectivity index (χ1v) is 7.14. The van der Waals surface area contributed by atoms with Crippen molar-refractivity contribution in [1.29, 1.82) is 0 Å². The van der Waals surface area contributed by atoms with Crippen LogP contribution in [0, 0.1) is 11.7 Å². The van der Waals surface area contributed by atoms with E-state index < -0.39 is 0 Å². The van der Waals surface area contributed by atoms with Crippen LogP contribution in [0.4, 0.5) is 4.39 Å². The summed E-state index contributed by atoms with van der Waals surface area (Å²) in [6, 6.07) is 5.66. The molecule has 0 bridgehead atoms. The number of rotatable bonds is 4. The fourth-order valence-electron chi connectivity index (χ4n) is 2.91. The van der Waals surface area contributed by atoms with Crippen molar-refractivity contribution in [3.63, 3.8) is 0 Å². The van der Waals surface area contributed by atoms with Gasteiger partial charge in [0.2, 0.25) is 0 Å². The summed E-state index contributed by atoms with van der Waals surface area (Å²) in [5.74, 6) is 1.50. The van der Waals surface area contributed by atoms with Gasteiger partial charge in [-0.1, -0.05) is 0 Å². The topological polar surface area (TPSA) is 43.8 Å². The van der Waals surface area contributed by atoms with Gasteiger partial charge in [-0.15, -0.1) is 0 Å². The molecule has 1 atom stereocenters. The number of halogens is 1. The zero-order valence-corrected chi connectivity index (χ0v) is 10.8. The van der Waals surface area contributed by atoms with Crippen molar-refractivity contribution in [2.24, 2.45) is 11.7 Å². The van der Waals surface area contributed by atoms with Gasteiger partial charge in [0, 0.05) is 24.6 Å². The van der Waals surface area contributed by atoms with E-state index in [4.69, 9.17) is 5.73 Å². The maximum Gasteiger partial charge on any atom is 0.125 e. The van der Waals surface area contributed by atoms with E-state index in [-0.39, 0.29) is 11.9 Å². The third kappa shape index (κ3) is 2.04. The quantitative estimate of drug-likeness (QED) is 0.917. The minimum absolute atomic E-state index is 0.208. The molecule has 4 rings (SSSR count). The highest BCUT2D eigenvalue weighted by Gasteiger charge is 2.32. The van der Waals surface area contributed by atoms with E-state index in [2.05, 4.69) is 9.55 Å².